The van der Waals surface area contributed by atoms with Crippen molar-refractivity contribution < 1.29 is 9.53 Å². The number of nitrogens with one attached hydrogen (secondary N) is 2. The quantitative estimate of drug-likeness (QED) is 0.340. The van der Waals surface area contributed by atoms with Crippen LogP contribution in [0.5, 0.6) is 0 Å². The average Bonchev–Trinajstić information content (AvgIpc) is 2.66. The first-order valence-corrected chi connectivity index (χ1v) is 9.49. The zero-order valence-electron chi connectivity index (χ0n) is 16.2. The summed E-state index contributed by atoms with van der Waals surface area (Å²) in [5.74, 6) is -0.0384. The van der Waals surface area contributed by atoms with Gasteiger partial charge in [-0.3, -0.25) is 4.79 Å². The maximum absolute atomic E-state index is 12.3. The molecule has 0 saturated carbocycles. The molecule has 6 heteroatoms. The second kappa shape index (κ2) is 9.51. The van der Waals surface area contributed by atoms with Crippen molar-refractivity contribution in [2.75, 3.05) is 19.0 Å². The van der Waals surface area contributed by atoms with Gasteiger partial charge in [-0.1, -0.05) is 24.3 Å². The summed E-state index contributed by atoms with van der Waals surface area (Å²) in [6, 6.07) is 9.98. The number of alkyl halides is 1. The van der Waals surface area contributed by atoms with E-state index in [2.05, 4.69) is 10.4 Å². The number of aryl methyl sites for hydroxylation is 2. The standard InChI is InChI=1S/C21H26ClN3O2/c1-5-27-20(26)11-18(15-7-6-13(2)17(9-15)12-22)16-8-14(3)21(24-4)19(10-16)25-23/h6-10,18,23-24H,5,11-12H2,1-4H3. The number of hydrogen-bond acceptors (Lipinski definition) is 5. The molecule has 2 aromatic rings. The number of nitrogens with zero attached hydrogens (tertiary/aromatic N) is 1. The van der Waals surface area contributed by atoms with Crippen LogP contribution in [0.15, 0.2) is 35.4 Å². The first kappa shape index (κ1) is 20.9. The van der Waals surface area contributed by atoms with E-state index in [1.165, 1.54) is 0 Å². The Balaban J connectivity index is 2.58. The Morgan fingerprint density at radius 2 is 1.96 bits per heavy atom. The molecule has 5 nitrogen and oxygen atoms in total. The number of anilines is 1. The molecule has 0 spiro atoms. The normalized spacial score (nSPS) is 11.7. The summed E-state index contributed by atoms with van der Waals surface area (Å²) in [5.41, 5.74) is 13.9. The molecule has 0 heterocycles. The van der Waals surface area contributed by atoms with E-state index in [4.69, 9.17) is 21.9 Å². The fourth-order valence-corrected chi connectivity index (χ4v) is 3.57. The van der Waals surface area contributed by atoms with Crippen LogP contribution in [0.3, 0.4) is 0 Å². The van der Waals surface area contributed by atoms with E-state index in [1.807, 2.05) is 44.2 Å². The number of carbonyl (C=O) groups is 1. The van der Waals surface area contributed by atoms with E-state index in [0.29, 0.717) is 18.2 Å². The molecule has 0 aliphatic carbocycles. The van der Waals surface area contributed by atoms with Crippen molar-refractivity contribution in [2.45, 2.75) is 39.0 Å². The summed E-state index contributed by atoms with van der Waals surface area (Å²) in [5, 5.41) is 6.74. The zero-order valence-corrected chi connectivity index (χ0v) is 17.0. The van der Waals surface area contributed by atoms with Gasteiger partial charge in [-0.2, -0.15) is 5.11 Å². The maximum Gasteiger partial charge on any atom is 0.306 e. The van der Waals surface area contributed by atoms with Gasteiger partial charge in [0, 0.05) is 18.8 Å². The molecular formula is C21H26ClN3O2. The molecule has 1 unspecified atom stereocenters. The molecule has 2 aromatic carbocycles. The monoisotopic (exact) mass is 387 g/mol. The fraction of sp³-hybridized carbons (Fsp3) is 0.381. The number of ether oxygens (including phenoxy) is 1. The van der Waals surface area contributed by atoms with E-state index in [1.54, 1.807) is 14.0 Å². The van der Waals surface area contributed by atoms with Crippen molar-refractivity contribution >= 4 is 28.9 Å². The Labute approximate surface area is 165 Å². The third-order valence-electron chi connectivity index (χ3n) is 4.71. The topological polar surface area (TPSA) is 74.5 Å². The van der Waals surface area contributed by atoms with Gasteiger partial charge in [0.25, 0.3) is 0 Å². The van der Waals surface area contributed by atoms with E-state index < -0.39 is 0 Å². The van der Waals surface area contributed by atoms with Crippen LogP contribution < -0.4 is 5.32 Å². The summed E-state index contributed by atoms with van der Waals surface area (Å²) < 4.78 is 5.19. The van der Waals surface area contributed by atoms with E-state index in [9.17, 15) is 4.79 Å². The maximum atomic E-state index is 12.3. The number of benzene rings is 2. The molecule has 0 bridgehead atoms. The number of carbonyl (C=O) groups excluding carboxylic acids is 1. The molecule has 2 N–H and O–H groups in total. The minimum atomic E-state index is -0.254. The molecule has 27 heavy (non-hydrogen) atoms. The van der Waals surface area contributed by atoms with Crippen molar-refractivity contribution in [1.82, 2.24) is 0 Å². The highest BCUT2D eigenvalue weighted by Gasteiger charge is 2.22. The Kier molecular flexibility index (Phi) is 7.36. The minimum Gasteiger partial charge on any atom is -0.466 e. The van der Waals surface area contributed by atoms with Crippen molar-refractivity contribution in [3.05, 3.63) is 58.1 Å². The lowest BCUT2D eigenvalue weighted by Gasteiger charge is -2.21. The molecule has 0 fully saturated rings. The summed E-state index contributed by atoms with van der Waals surface area (Å²) >= 11 is 6.08. The van der Waals surface area contributed by atoms with Gasteiger partial charge in [-0.15, -0.1) is 11.6 Å². The van der Waals surface area contributed by atoms with E-state index >= 15 is 0 Å². The van der Waals surface area contributed by atoms with Gasteiger partial charge in [0.2, 0.25) is 0 Å². The van der Waals surface area contributed by atoms with Crippen LogP contribution >= 0.6 is 11.6 Å². The van der Waals surface area contributed by atoms with Gasteiger partial charge < -0.3 is 10.1 Å². The van der Waals surface area contributed by atoms with Crippen molar-refractivity contribution in [1.29, 1.82) is 5.53 Å². The van der Waals surface area contributed by atoms with Gasteiger partial charge in [0.05, 0.1) is 18.7 Å². The molecule has 2 rings (SSSR count). The molecule has 0 aliphatic rings. The second-order valence-electron chi connectivity index (χ2n) is 6.48. The molecular weight excluding hydrogens is 362 g/mol. The Morgan fingerprint density at radius 3 is 2.56 bits per heavy atom. The highest BCUT2D eigenvalue weighted by molar-refractivity contribution is 6.17. The first-order chi connectivity index (χ1) is 12.9. The van der Waals surface area contributed by atoms with Crippen LogP contribution in [0.2, 0.25) is 0 Å². The molecule has 0 saturated heterocycles. The highest BCUT2D eigenvalue weighted by atomic mass is 35.5. The lowest BCUT2D eigenvalue weighted by Crippen LogP contribution is -2.12. The first-order valence-electron chi connectivity index (χ1n) is 8.95. The zero-order chi connectivity index (χ0) is 20.0. The largest absolute Gasteiger partial charge is 0.466 e. The summed E-state index contributed by atoms with van der Waals surface area (Å²) in [7, 11) is 1.81. The lowest BCUT2D eigenvalue weighted by atomic mass is 9.86. The Hall–Kier alpha value is -2.40. The predicted octanol–water partition coefficient (Wildman–Crippen LogP) is 5.83. The summed E-state index contributed by atoms with van der Waals surface area (Å²) in [4.78, 5) is 12.3. The predicted molar refractivity (Wildman–Crippen MR) is 109 cm³/mol. The van der Waals surface area contributed by atoms with Gasteiger partial charge >= 0.3 is 5.97 Å². The van der Waals surface area contributed by atoms with Crippen LogP contribution in [-0.4, -0.2) is 19.6 Å². The van der Waals surface area contributed by atoms with E-state index in [0.717, 1.165) is 33.5 Å². The highest BCUT2D eigenvalue weighted by Crippen LogP contribution is 2.37. The van der Waals surface area contributed by atoms with Crippen molar-refractivity contribution in [3.8, 4) is 0 Å². The third-order valence-corrected chi connectivity index (χ3v) is 4.99. The van der Waals surface area contributed by atoms with Gasteiger partial charge in [-0.05, 0) is 54.7 Å². The summed E-state index contributed by atoms with van der Waals surface area (Å²) in [6.45, 7) is 6.13. The molecule has 0 amide bonds. The van der Waals surface area contributed by atoms with Crippen LogP contribution in [0, 0.1) is 19.4 Å². The SMILES string of the molecule is CCOC(=O)CC(c1ccc(C)c(CCl)c1)c1cc(C)c(NC)c(N=N)c1. The number of esters is 1. The number of halogens is 1. The van der Waals surface area contributed by atoms with E-state index in [-0.39, 0.29) is 18.3 Å². The lowest BCUT2D eigenvalue weighted by molar-refractivity contribution is -0.143. The van der Waals surface area contributed by atoms with Crippen molar-refractivity contribution in [3.63, 3.8) is 0 Å². The number of hydrogen-bond donors (Lipinski definition) is 2. The van der Waals surface area contributed by atoms with Crippen LogP contribution in [-0.2, 0) is 15.4 Å². The number of rotatable bonds is 8. The molecule has 144 valence electrons. The van der Waals surface area contributed by atoms with Gasteiger partial charge in [-0.25, -0.2) is 5.53 Å². The minimum absolute atomic E-state index is 0.197. The van der Waals surface area contributed by atoms with Crippen LogP contribution in [0.4, 0.5) is 11.4 Å². The van der Waals surface area contributed by atoms with Gasteiger partial charge in [0.1, 0.15) is 5.69 Å². The molecule has 0 aromatic heterocycles. The second-order valence-corrected chi connectivity index (χ2v) is 6.74. The molecule has 0 radical (unpaired) electrons. The molecule has 0 aliphatic heterocycles. The Morgan fingerprint density at radius 1 is 1.22 bits per heavy atom. The average molecular weight is 388 g/mol. The summed E-state index contributed by atoms with van der Waals surface area (Å²) in [6.07, 6.45) is 0.217. The third kappa shape index (κ3) is 4.86. The molecule has 1 atom stereocenters. The smallest absolute Gasteiger partial charge is 0.306 e. The van der Waals surface area contributed by atoms with Crippen LogP contribution in [0.1, 0.15) is 47.1 Å². The van der Waals surface area contributed by atoms with Crippen molar-refractivity contribution in [2.24, 2.45) is 5.11 Å². The Bertz CT molecular complexity index is 836. The van der Waals surface area contributed by atoms with Crippen LogP contribution in [0.25, 0.3) is 0 Å². The fourth-order valence-electron chi connectivity index (χ4n) is 3.28. The van der Waals surface area contributed by atoms with Gasteiger partial charge in [0.15, 0.2) is 0 Å².